The van der Waals surface area contributed by atoms with Crippen molar-refractivity contribution >= 4 is 28.6 Å². The largest absolute Gasteiger partial charge is 0.396 e. The number of nitrogens with zero attached hydrogens (tertiary/aromatic N) is 2. The molecule has 1 aromatic carbocycles. The Balaban J connectivity index is 1.96. The number of thiazole rings is 1. The Morgan fingerprint density at radius 1 is 1.57 bits per heavy atom. The van der Waals surface area contributed by atoms with Gasteiger partial charge in [-0.2, -0.15) is 0 Å². The number of nitrogens with two attached hydrogens (primary N) is 1. The van der Waals surface area contributed by atoms with Crippen LogP contribution < -0.4 is 11.1 Å². The average molecular weight is 308 g/mol. The van der Waals surface area contributed by atoms with Gasteiger partial charge in [0.2, 0.25) is 5.91 Å². The van der Waals surface area contributed by atoms with Crippen LogP contribution in [0.1, 0.15) is 12.6 Å². The van der Waals surface area contributed by atoms with E-state index >= 15 is 0 Å². The standard InChI is InChI=1S/C14H17FN4OS/c1-9(19(2)6-11-7-21-8-17-11)14(20)18-10-3-4-12(15)13(16)5-10/h3-5,7-9H,6,16H2,1-2H3,(H,18,20). The highest BCUT2D eigenvalue weighted by Gasteiger charge is 2.19. The molecule has 0 saturated carbocycles. The van der Waals surface area contributed by atoms with Crippen molar-refractivity contribution in [1.29, 1.82) is 0 Å². The fraction of sp³-hybridized carbons (Fsp3) is 0.286. The van der Waals surface area contributed by atoms with Gasteiger partial charge in [0.25, 0.3) is 0 Å². The van der Waals surface area contributed by atoms with Gasteiger partial charge in [0.1, 0.15) is 5.82 Å². The number of amides is 1. The summed E-state index contributed by atoms with van der Waals surface area (Å²) in [6.07, 6.45) is 0. The quantitative estimate of drug-likeness (QED) is 0.832. The number of hydrogen-bond donors (Lipinski definition) is 2. The van der Waals surface area contributed by atoms with Crippen molar-refractivity contribution < 1.29 is 9.18 Å². The number of nitrogen functional groups attached to an aromatic ring is 1. The average Bonchev–Trinajstić information content (AvgIpc) is 2.94. The lowest BCUT2D eigenvalue weighted by atomic mass is 10.2. The summed E-state index contributed by atoms with van der Waals surface area (Å²) in [5.74, 6) is -0.680. The molecule has 0 saturated heterocycles. The van der Waals surface area contributed by atoms with E-state index < -0.39 is 5.82 Å². The summed E-state index contributed by atoms with van der Waals surface area (Å²) in [6, 6.07) is 3.77. The van der Waals surface area contributed by atoms with Crippen LogP contribution in [0.3, 0.4) is 0 Å². The van der Waals surface area contributed by atoms with E-state index in [1.165, 1.54) is 29.5 Å². The summed E-state index contributed by atoms with van der Waals surface area (Å²) in [6.45, 7) is 2.39. The van der Waals surface area contributed by atoms with Crippen LogP contribution in [0.2, 0.25) is 0 Å². The van der Waals surface area contributed by atoms with Crippen molar-refractivity contribution in [3.8, 4) is 0 Å². The van der Waals surface area contributed by atoms with Gasteiger partial charge >= 0.3 is 0 Å². The Morgan fingerprint density at radius 2 is 2.33 bits per heavy atom. The molecule has 112 valence electrons. The molecule has 1 aromatic heterocycles. The first-order valence-corrected chi connectivity index (χ1v) is 7.35. The van der Waals surface area contributed by atoms with Crippen molar-refractivity contribution in [1.82, 2.24) is 9.88 Å². The normalized spacial score (nSPS) is 12.4. The van der Waals surface area contributed by atoms with E-state index in [0.717, 1.165) is 5.69 Å². The van der Waals surface area contributed by atoms with Crippen LogP contribution in [0.25, 0.3) is 0 Å². The van der Waals surface area contributed by atoms with E-state index in [2.05, 4.69) is 10.3 Å². The zero-order chi connectivity index (χ0) is 15.4. The first-order chi connectivity index (χ1) is 9.97. The second kappa shape index (κ2) is 6.64. The molecule has 0 bridgehead atoms. The monoisotopic (exact) mass is 308 g/mol. The first kappa shape index (κ1) is 15.4. The minimum Gasteiger partial charge on any atom is -0.396 e. The van der Waals surface area contributed by atoms with Crippen LogP contribution in [0.4, 0.5) is 15.8 Å². The van der Waals surface area contributed by atoms with Gasteiger partial charge in [-0.3, -0.25) is 9.69 Å². The van der Waals surface area contributed by atoms with Crippen LogP contribution in [-0.4, -0.2) is 28.9 Å². The molecule has 5 nitrogen and oxygen atoms in total. The molecular formula is C14H17FN4OS. The highest BCUT2D eigenvalue weighted by Crippen LogP contribution is 2.17. The van der Waals surface area contributed by atoms with Gasteiger partial charge in [0, 0.05) is 17.6 Å². The van der Waals surface area contributed by atoms with E-state index in [4.69, 9.17) is 5.73 Å². The molecule has 0 aliphatic rings. The van der Waals surface area contributed by atoms with Crippen LogP contribution in [0.15, 0.2) is 29.1 Å². The highest BCUT2D eigenvalue weighted by molar-refractivity contribution is 7.07. The number of anilines is 2. The number of carbonyl (C=O) groups is 1. The summed E-state index contributed by atoms with van der Waals surface area (Å²) in [5.41, 5.74) is 8.65. The second-order valence-corrected chi connectivity index (χ2v) is 5.52. The molecule has 2 rings (SSSR count). The SMILES string of the molecule is CC(C(=O)Nc1ccc(F)c(N)c1)N(C)Cc1cscn1. The Hall–Kier alpha value is -1.99. The maximum absolute atomic E-state index is 13.1. The first-order valence-electron chi connectivity index (χ1n) is 6.40. The van der Waals surface area contributed by atoms with Crippen molar-refractivity contribution in [3.63, 3.8) is 0 Å². The maximum atomic E-state index is 13.1. The molecule has 1 amide bonds. The number of halogens is 1. The molecule has 21 heavy (non-hydrogen) atoms. The van der Waals surface area contributed by atoms with E-state index in [0.29, 0.717) is 12.2 Å². The molecule has 0 aliphatic carbocycles. The number of hydrogen-bond acceptors (Lipinski definition) is 5. The third kappa shape index (κ3) is 3.99. The van der Waals surface area contributed by atoms with Gasteiger partial charge < -0.3 is 11.1 Å². The van der Waals surface area contributed by atoms with Gasteiger partial charge in [-0.15, -0.1) is 11.3 Å². The van der Waals surface area contributed by atoms with Gasteiger partial charge in [0.15, 0.2) is 0 Å². The molecule has 0 fully saturated rings. The fourth-order valence-corrected chi connectivity index (χ4v) is 2.33. The van der Waals surface area contributed by atoms with Crippen LogP contribution >= 0.6 is 11.3 Å². The summed E-state index contributed by atoms with van der Waals surface area (Å²) < 4.78 is 13.1. The minimum absolute atomic E-state index is 0.0104. The molecular weight excluding hydrogens is 291 g/mol. The number of likely N-dealkylation sites (N-methyl/N-ethyl adjacent to an activating group) is 1. The number of benzene rings is 1. The maximum Gasteiger partial charge on any atom is 0.241 e. The van der Waals surface area contributed by atoms with Gasteiger partial charge in [0.05, 0.1) is 22.9 Å². The van der Waals surface area contributed by atoms with E-state index in [1.54, 1.807) is 12.4 Å². The molecule has 0 radical (unpaired) electrons. The summed E-state index contributed by atoms with van der Waals surface area (Å²) in [4.78, 5) is 18.2. The topological polar surface area (TPSA) is 71.2 Å². The third-order valence-electron chi connectivity index (χ3n) is 3.20. The molecule has 0 aliphatic heterocycles. The third-order valence-corrected chi connectivity index (χ3v) is 3.83. The molecule has 7 heteroatoms. The summed E-state index contributed by atoms with van der Waals surface area (Å²) in [5, 5.41) is 4.67. The summed E-state index contributed by atoms with van der Waals surface area (Å²) >= 11 is 1.52. The molecule has 1 atom stereocenters. The lowest BCUT2D eigenvalue weighted by Gasteiger charge is -2.23. The van der Waals surface area contributed by atoms with Crippen molar-refractivity contribution in [3.05, 3.63) is 40.6 Å². The van der Waals surface area contributed by atoms with Gasteiger partial charge in [-0.1, -0.05) is 0 Å². The number of carbonyl (C=O) groups excluding carboxylic acids is 1. The molecule has 1 unspecified atom stereocenters. The lowest BCUT2D eigenvalue weighted by Crippen LogP contribution is -2.39. The smallest absolute Gasteiger partial charge is 0.241 e. The van der Waals surface area contributed by atoms with Crippen molar-refractivity contribution in [2.24, 2.45) is 0 Å². The lowest BCUT2D eigenvalue weighted by molar-refractivity contribution is -0.120. The van der Waals surface area contributed by atoms with E-state index in [1.807, 2.05) is 17.3 Å². The Bertz CT molecular complexity index is 617. The Labute approximate surface area is 126 Å². The predicted octanol–water partition coefficient (Wildman–Crippen LogP) is 2.32. The predicted molar refractivity (Wildman–Crippen MR) is 82.5 cm³/mol. The van der Waals surface area contributed by atoms with E-state index in [-0.39, 0.29) is 17.6 Å². The highest BCUT2D eigenvalue weighted by atomic mass is 32.1. The van der Waals surface area contributed by atoms with E-state index in [9.17, 15) is 9.18 Å². The second-order valence-electron chi connectivity index (χ2n) is 4.80. The number of nitrogens with one attached hydrogen (secondary N) is 1. The zero-order valence-electron chi connectivity index (χ0n) is 11.8. The molecule has 1 heterocycles. The van der Waals surface area contributed by atoms with Gasteiger partial charge in [-0.05, 0) is 32.2 Å². The summed E-state index contributed by atoms with van der Waals surface area (Å²) in [7, 11) is 1.85. The molecule has 0 spiro atoms. The Morgan fingerprint density at radius 3 is 2.95 bits per heavy atom. The number of rotatable bonds is 5. The zero-order valence-corrected chi connectivity index (χ0v) is 12.7. The molecule has 2 aromatic rings. The molecule has 3 N–H and O–H groups in total. The fourth-order valence-electron chi connectivity index (χ4n) is 1.78. The van der Waals surface area contributed by atoms with Crippen LogP contribution in [0, 0.1) is 5.82 Å². The van der Waals surface area contributed by atoms with Crippen LogP contribution in [0.5, 0.6) is 0 Å². The van der Waals surface area contributed by atoms with Crippen molar-refractivity contribution in [2.45, 2.75) is 19.5 Å². The van der Waals surface area contributed by atoms with Crippen LogP contribution in [-0.2, 0) is 11.3 Å². The number of aromatic nitrogens is 1. The Kier molecular flexibility index (Phi) is 4.87. The minimum atomic E-state index is -0.498. The van der Waals surface area contributed by atoms with Crippen molar-refractivity contribution in [2.75, 3.05) is 18.1 Å². The van der Waals surface area contributed by atoms with Gasteiger partial charge in [-0.25, -0.2) is 9.37 Å².